The summed E-state index contributed by atoms with van der Waals surface area (Å²) in [5.74, 6) is 3.89. The van der Waals surface area contributed by atoms with Crippen molar-refractivity contribution in [1.82, 2.24) is 15.1 Å². The molecule has 46 heavy (non-hydrogen) atoms. The Bertz CT molecular complexity index is 929. The first-order valence-electron chi connectivity index (χ1n) is 19.7. The number of amides is 1. The summed E-state index contributed by atoms with van der Waals surface area (Å²) >= 11 is 0. The second-order valence-corrected chi connectivity index (χ2v) is 17.4. The van der Waals surface area contributed by atoms with Gasteiger partial charge in [0.15, 0.2) is 0 Å². The van der Waals surface area contributed by atoms with Gasteiger partial charge in [-0.2, -0.15) is 0 Å². The normalized spacial score (nSPS) is 36.5. The first kappa shape index (κ1) is 38.1. The van der Waals surface area contributed by atoms with E-state index in [1.54, 1.807) is 0 Å². The van der Waals surface area contributed by atoms with Crippen LogP contribution in [-0.4, -0.2) is 84.3 Å². The minimum Gasteiger partial charge on any atom is -0.393 e. The van der Waals surface area contributed by atoms with Crippen LogP contribution < -0.4 is 16.8 Å². The van der Waals surface area contributed by atoms with E-state index < -0.39 is 0 Å². The molecule has 0 aromatic heterocycles. The second-order valence-electron chi connectivity index (χ2n) is 17.4. The molecular weight excluding hydrogens is 570 g/mol. The van der Waals surface area contributed by atoms with E-state index >= 15 is 0 Å². The predicted molar refractivity (Wildman–Crippen MR) is 192 cm³/mol. The maximum atomic E-state index is 13.2. The number of rotatable bonds is 17. The molecule has 0 saturated heterocycles. The zero-order chi connectivity index (χ0) is 33.6. The summed E-state index contributed by atoms with van der Waals surface area (Å²) in [4.78, 5) is 17.8. The Labute approximate surface area is 283 Å². The number of fused-ring (bicyclic) bond motifs is 5. The van der Waals surface area contributed by atoms with Crippen LogP contribution in [0, 0.1) is 46.3 Å². The molecule has 1 amide bonds. The number of hydrogen-bond acceptors (Lipinski definition) is 6. The molecule has 0 bridgehead atoms. The fourth-order valence-corrected chi connectivity index (χ4v) is 11.8. The van der Waals surface area contributed by atoms with Gasteiger partial charge >= 0.3 is 0 Å². The molecule has 268 valence electrons. The van der Waals surface area contributed by atoms with Gasteiger partial charge in [0.25, 0.3) is 0 Å². The van der Waals surface area contributed by atoms with Gasteiger partial charge < -0.3 is 31.7 Å². The Morgan fingerprint density at radius 2 is 1.46 bits per heavy atom. The quantitative estimate of drug-likeness (QED) is 0.144. The average Bonchev–Trinajstić information content (AvgIpc) is 3.36. The molecule has 0 radical (unpaired) electrons. The predicted octanol–water partition coefficient (Wildman–Crippen LogP) is 6.03. The number of nitrogens with one attached hydrogen (secondary N) is 1. The largest absolute Gasteiger partial charge is 0.393 e. The molecule has 0 heterocycles. The van der Waals surface area contributed by atoms with Gasteiger partial charge in [0.2, 0.25) is 5.91 Å². The monoisotopic (exact) mass is 646 g/mol. The maximum absolute atomic E-state index is 13.2. The standard InChI is InChI=1S/C39H75N5O2/c1-27(2)44(28(3)4)36(46)14-11-29(5)32-12-13-33-37-34(16-18-39(32,33)7)38(6)17-15-31(25-30(38)26-35(37)45)42-21-10-24-43(22-8-19-40)23-9-20-41/h27-35,37,42,45H,8-26,40-41H2,1-7H3/t29-,30?,31+,32-,33?,34?,35-,37+,38+,39-/m1/s1. The van der Waals surface area contributed by atoms with E-state index in [1.165, 1.54) is 51.4 Å². The van der Waals surface area contributed by atoms with Crippen LogP contribution in [-0.2, 0) is 4.79 Å². The summed E-state index contributed by atoms with van der Waals surface area (Å²) in [6.07, 6.45) is 14.7. The molecule has 6 N–H and O–H groups in total. The minimum absolute atomic E-state index is 0.161. The van der Waals surface area contributed by atoms with Crippen molar-refractivity contribution in [2.75, 3.05) is 39.3 Å². The van der Waals surface area contributed by atoms with Crippen LogP contribution in [0.2, 0.25) is 0 Å². The summed E-state index contributed by atoms with van der Waals surface area (Å²) < 4.78 is 0. The molecule has 4 aliphatic rings. The van der Waals surface area contributed by atoms with Crippen LogP contribution in [0.4, 0.5) is 0 Å². The van der Waals surface area contributed by atoms with E-state index in [9.17, 15) is 9.90 Å². The fraction of sp³-hybridized carbons (Fsp3) is 0.974. The molecule has 0 aromatic carbocycles. The Hall–Kier alpha value is -0.730. The number of hydrogen-bond donors (Lipinski definition) is 4. The molecule has 3 unspecified atom stereocenters. The highest BCUT2D eigenvalue weighted by atomic mass is 16.3. The second kappa shape index (κ2) is 16.8. The Kier molecular flexibility index (Phi) is 13.9. The Morgan fingerprint density at radius 3 is 2.09 bits per heavy atom. The molecule has 4 saturated carbocycles. The van der Waals surface area contributed by atoms with E-state index in [0.29, 0.717) is 64.7 Å². The molecule has 0 spiro atoms. The van der Waals surface area contributed by atoms with E-state index in [-0.39, 0.29) is 18.2 Å². The Balaban J connectivity index is 1.31. The fourth-order valence-electron chi connectivity index (χ4n) is 11.8. The first-order valence-corrected chi connectivity index (χ1v) is 19.7. The number of aliphatic hydroxyl groups excluding tert-OH is 1. The highest BCUT2D eigenvalue weighted by molar-refractivity contribution is 5.76. The number of aliphatic hydroxyl groups is 1. The molecule has 7 heteroatoms. The SMILES string of the molecule is CC(C)N(C(=O)CC[C@@H](C)[C@H]1CCC2[C@H]3C(CC[C@@]21C)[C@@]1(C)CC[C@H](NCCCN(CCCN)CCCN)CC1C[C@H]3O)C(C)C. The van der Waals surface area contributed by atoms with Crippen molar-refractivity contribution in [3.63, 3.8) is 0 Å². The minimum atomic E-state index is -0.161. The van der Waals surface area contributed by atoms with Crippen LogP contribution >= 0.6 is 0 Å². The molecule has 4 rings (SSSR count). The van der Waals surface area contributed by atoms with Gasteiger partial charge in [0.05, 0.1) is 6.10 Å². The van der Waals surface area contributed by atoms with Crippen molar-refractivity contribution in [1.29, 1.82) is 0 Å². The lowest BCUT2D eigenvalue weighted by molar-refractivity contribution is -0.167. The van der Waals surface area contributed by atoms with Gasteiger partial charge in [-0.15, -0.1) is 0 Å². The zero-order valence-electron chi connectivity index (χ0n) is 31.1. The van der Waals surface area contributed by atoms with Crippen LogP contribution in [0.25, 0.3) is 0 Å². The van der Waals surface area contributed by atoms with Crippen LogP contribution in [0.15, 0.2) is 0 Å². The number of carbonyl (C=O) groups excluding carboxylic acids is 1. The molecule has 10 atom stereocenters. The number of nitrogens with zero attached hydrogens (tertiary/aromatic N) is 2. The molecule has 4 fully saturated rings. The summed E-state index contributed by atoms with van der Waals surface area (Å²) in [6, 6.07) is 1.09. The van der Waals surface area contributed by atoms with Crippen molar-refractivity contribution in [2.45, 2.75) is 156 Å². The van der Waals surface area contributed by atoms with Gasteiger partial charge in [-0.25, -0.2) is 0 Å². The lowest BCUT2D eigenvalue weighted by atomic mass is 9.43. The first-order chi connectivity index (χ1) is 21.9. The van der Waals surface area contributed by atoms with Crippen molar-refractivity contribution in [3.05, 3.63) is 0 Å². The highest BCUT2D eigenvalue weighted by Crippen LogP contribution is 2.68. The summed E-state index contributed by atoms with van der Waals surface area (Å²) in [7, 11) is 0. The van der Waals surface area contributed by atoms with Crippen molar-refractivity contribution < 1.29 is 9.90 Å². The van der Waals surface area contributed by atoms with Gasteiger partial charge in [-0.3, -0.25) is 4.79 Å². The van der Waals surface area contributed by atoms with Crippen molar-refractivity contribution >= 4 is 5.91 Å². The van der Waals surface area contributed by atoms with Crippen molar-refractivity contribution in [3.8, 4) is 0 Å². The smallest absolute Gasteiger partial charge is 0.223 e. The van der Waals surface area contributed by atoms with Crippen LogP contribution in [0.5, 0.6) is 0 Å². The third kappa shape index (κ3) is 8.34. The van der Waals surface area contributed by atoms with Crippen molar-refractivity contribution in [2.24, 2.45) is 57.8 Å². The van der Waals surface area contributed by atoms with Gasteiger partial charge in [0, 0.05) is 24.5 Å². The molecule has 4 aliphatic carbocycles. The van der Waals surface area contributed by atoms with Gasteiger partial charge in [-0.05, 0) is 190 Å². The van der Waals surface area contributed by atoms with E-state index in [4.69, 9.17) is 11.5 Å². The number of carbonyl (C=O) groups is 1. The third-order valence-corrected chi connectivity index (χ3v) is 14.1. The maximum Gasteiger partial charge on any atom is 0.223 e. The molecule has 0 aliphatic heterocycles. The Morgan fingerprint density at radius 1 is 0.848 bits per heavy atom. The van der Waals surface area contributed by atoms with E-state index in [1.807, 2.05) is 0 Å². The zero-order valence-corrected chi connectivity index (χ0v) is 31.1. The summed E-state index contributed by atoms with van der Waals surface area (Å²) in [5.41, 5.74) is 12.2. The lowest BCUT2D eigenvalue weighted by Crippen LogP contribution is -2.59. The summed E-state index contributed by atoms with van der Waals surface area (Å²) in [5, 5.41) is 15.8. The van der Waals surface area contributed by atoms with Gasteiger partial charge in [-0.1, -0.05) is 20.8 Å². The van der Waals surface area contributed by atoms with Crippen LogP contribution in [0.1, 0.15) is 132 Å². The lowest BCUT2D eigenvalue weighted by Gasteiger charge is -2.62. The highest BCUT2D eigenvalue weighted by Gasteiger charge is 2.62. The van der Waals surface area contributed by atoms with E-state index in [2.05, 4.69) is 63.6 Å². The topological polar surface area (TPSA) is 108 Å². The third-order valence-electron chi connectivity index (χ3n) is 14.1. The van der Waals surface area contributed by atoms with Crippen LogP contribution in [0.3, 0.4) is 0 Å². The molecule has 7 nitrogen and oxygen atoms in total. The molecular formula is C39H75N5O2. The van der Waals surface area contributed by atoms with Gasteiger partial charge in [0.1, 0.15) is 0 Å². The number of nitrogens with two attached hydrogens (primary N) is 2. The summed E-state index contributed by atoms with van der Waals surface area (Å²) in [6.45, 7) is 22.0. The molecule has 0 aromatic rings. The van der Waals surface area contributed by atoms with E-state index in [0.717, 1.165) is 65.0 Å². The average molecular weight is 646 g/mol.